The Hall–Kier alpha value is -1.00. The summed E-state index contributed by atoms with van der Waals surface area (Å²) in [6.45, 7) is 3.31. The largest absolute Gasteiger partial charge is 0.341 e. The lowest BCUT2D eigenvalue weighted by atomic mass is 10.1. The van der Waals surface area contributed by atoms with Crippen molar-refractivity contribution in [3.05, 3.63) is 35.9 Å². The highest BCUT2D eigenvalue weighted by Crippen LogP contribution is 2.10. The molecule has 0 N–H and O–H groups in total. The van der Waals surface area contributed by atoms with E-state index in [2.05, 4.69) is 29.2 Å². The Labute approximate surface area is 126 Å². The molecular formula is C16H24N2OS. The third kappa shape index (κ3) is 5.17. The average molecular weight is 292 g/mol. The predicted molar refractivity (Wildman–Crippen MR) is 86.2 cm³/mol. The van der Waals surface area contributed by atoms with Gasteiger partial charge in [-0.2, -0.15) is 11.8 Å². The fourth-order valence-electron chi connectivity index (χ4n) is 2.37. The molecule has 1 fully saturated rings. The first-order valence-electron chi connectivity index (χ1n) is 7.33. The molecule has 3 nitrogen and oxygen atoms in total. The van der Waals surface area contributed by atoms with Gasteiger partial charge in [0.1, 0.15) is 0 Å². The number of benzene rings is 1. The van der Waals surface area contributed by atoms with Crippen LogP contribution in [0.1, 0.15) is 12.0 Å². The highest BCUT2D eigenvalue weighted by atomic mass is 32.2. The summed E-state index contributed by atoms with van der Waals surface area (Å²) in [6.07, 6.45) is 2.13. The number of hydrogen-bond donors (Lipinski definition) is 0. The zero-order valence-corrected chi connectivity index (χ0v) is 13.1. The van der Waals surface area contributed by atoms with Crippen molar-refractivity contribution in [3.8, 4) is 0 Å². The molecule has 0 saturated carbocycles. The van der Waals surface area contributed by atoms with Crippen LogP contribution in [0.15, 0.2) is 30.3 Å². The topological polar surface area (TPSA) is 23.6 Å². The summed E-state index contributed by atoms with van der Waals surface area (Å²) in [4.78, 5) is 16.4. The monoisotopic (exact) mass is 292 g/mol. The van der Waals surface area contributed by atoms with Crippen LogP contribution in [0.2, 0.25) is 0 Å². The molecule has 1 saturated heterocycles. The second-order valence-corrected chi connectivity index (χ2v) is 6.54. The van der Waals surface area contributed by atoms with Crippen molar-refractivity contribution in [1.82, 2.24) is 9.80 Å². The van der Waals surface area contributed by atoms with E-state index < -0.39 is 0 Å². The molecule has 0 radical (unpaired) electrons. The molecule has 0 bridgehead atoms. The van der Waals surface area contributed by atoms with Crippen LogP contribution < -0.4 is 0 Å². The fraction of sp³-hybridized carbons (Fsp3) is 0.562. The van der Waals surface area contributed by atoms with Crippen LogP contribution in [0, 0.1) is 0 Å². The maximum absolute atomic E-state index is 12.2. The molecule has 20 heavy (non-hydrogen) atoms. The minimum Gasteiger partial charge on any atom is -0.341 e. The number of amides is 1. The van der Waals surface area contributed by atoms with Crippen LogP contribution in [0.25, 0.3) is 0 Å². The zero-order chi connectivity index (χ0) is 14.2. The van der Waals surface area contributed by atoms with Crippen LogP contribution in [0.3, 0.4) is 0 Å². The van der Waals surface area contributed by atoms with E-state index >= 15 is 0 Å². The number of nitrogens with zero attached hydrogens (tertiary/aromatic N) is 2. The van der Waals surface area contributed by atoms with Crippen LogP contribution in [0.4, 0.5) is 0 Å². The Morgan fingerprint density at radius 3 is 2.85 bits per heavy atom. The quantitative estimate of drug-likeness (QED) is 0.830. The molecule has 1 aromatic rings. The molecule has 1 heterocycles. The molecule has 2 rings (SSSR count). The van der Waals surface area contributed by atoms with Gasteiger partial charge >= 0.3 is 0 Å². The van der Waals surface area contributed by atoms with E-state index in [1.807, 2.05) is 29.8 Å². The Balaban J connectivity index is 1.73. The molecule has 110 valence electrons. The van der Waals surface area contributed by atoms with Gasteiger partial charge in [-0.05, 0) is 31.2 Å². The number of carbonyl (C=O) groups excluding carboxylic acids is 1. The van der Waals surface area contributed by atoms with E-state index in [9.17, 15) is 4.79 Å². The van der Waals surface area contributed by atoms with Gasteiger partial charge in [-0.3, -0.25) is 9.69 Å². The SMILES string of the molecule is CN(CCc1ccccc1)CC(=O)N1CCCSCC1. The molecule has 1 amide bonds. The summed E-state index contributed by atoms with van der Waals surface area (Å²) in [6, 6.07) is 10.4. The first-order chi connectivity index (χ1) is 9.75. The molecule has 4 heteroatoms. The third-order valence-electron chi connectivity index (χ3n) is 3.61. The van der Waals surface area contributed by atoms with Gasteiger partial charge in [0.15, 0.2) is 0 Å². The first-order valence-corrected chi connectivity index (χ1v) is 8.49. The molecule has 0 spiro atoms. The van der Waals surface area contributed by atoms with Gasteiger partial charge in [-0.1, -0.05) is 30.3 Å². The number of thioether (sulfide) groups is 1. The van der Waals surface area contributed by atoms with Gasteiger partial charge in [0.2, 0.25) is 5.91 Å². The summed E-state index contributed by atoms with van der Waals surface area (Å²) in [5, 5.41) is 0. The second-order valence-electron chi connectivity index (χ2n) is 5.32. The van der Waals surface area contributed by atoms with Crippen LogP contribution in [0.5, 0.6) is 0 Å². The Morgan fingerprint density at radius 1 is 1.25 bits per heavy atom. The molecular weight excluding hydrogens is 268 g/mol. The zero-order valence-electron chi connectivity index (χ0n) is 12.3. The highest BCUT2D eigenvalue weighted by Gasteiger charge is 2.16. The number of likely N-dealkylation sites (N-methyl/N-ethyl adjacent to an activating group) is 1. The number of hydrogen-bond acceptors (Lipinski definition) is 3. The van der Waals surface area contributed by atoms with Gasteiger partial charge in [-0.15, -0.1) is 0 Å². The van der Waals surface area contributed by atoms with Crippen molar-refractivity contribution in [2.75, 3.05) is 44.7 Å². The van der Waals surface area contributed by atoms with Crippen LogP contribution >= 0.6 is 11.8 Å². The van der Waals surface area contributed by atoms with Crippen molar-refractivity contribution in [2.45, 2.75) is 12.8 Å². The fourth-order valence-corrected chi connectivity index (χ4v) is 3.26. The predicted octanol–water partition coefficient (Wildman–Crippen LogP) is 2.13. The van der Waals surface area contributed by atoms with Gasteiger partial charge in [0, 0.05) is 25.4 Å². The summed E-state index contributed by atoms with van der Waals surface area (Å²) < 4.78 is 0. The maximum Gasteiger partial charge on any atom is 0.236 e. The van der Waals surface area contributed by atoms with Gasteiger partial charge in [0.25, 0.3) is 0 Å². The first kappa shape index (κ1) is 15.4. The lowest BCUT2D eigenvalue weighted by Crippen LogP contribution is -2.40. The molecule has 1 aromatic carbocycles. The molecule has 0 aromatic heterocycles. The smallest absolute Gasteiger partial charge is 0.236 e. The van der Waals surface area contributed by atoms with E-state index in [-0.39, 0.29) is 5.91 Å². The molecule has 0 aliphatic carbocycles. The summed E-state index contributed by atoms with van der Waals surface area (Å²) in [5.41, 5.74) is 1.33. The van der Waals surface area contributed by atoms with Crippen LogP contribution in [-0.2, 0) is 11.2 Å². The maximum atomic E-state index is 12.2. The van der Waals surface area contributed by atoms with E-state index in [0.717, 1.165) is 38.2 Å². The lowest BCUT2D eigenvalue weighted by Gasteiger charge is -2.23. The van der Waals surface area contributed by atoms with E-state index in [1.165, 1.54) is 11.3 Å². The summed E-state index contributed by atoms with van der Waals surface area (Å²) in [5.74, 6) is 2.55. The standard InChI is InChI=1S/C16H24N2OS/c1-17(10-8-15-6-3-2-4-7-15)14-16(19)18-9-5-12-20-13-11-18/h2-4,6-7H,5,8-14H2,1H3. The highest BCUT2D eigenvalue weighted by molar-refractivity contribution is 7.99. The van der Waals surface area contributed by atoms with Crippen molar-refractivity contribution >= 4 is 17.7 Å². The van der Waals surface area contributed by atoms with Gasteiger partial charge < -0.3 is 4.90 Å². The molecule has 1 aliphatic rings. The third-order valence-corrected chi connectivity index (χ3v) is 4.65. The Morgan fingerprint density at radius 2 is 2.05 bits per heavy atom. The molecule has 0 unspecified atom stereocenters. The number of rotatable bonds is 5. The molecule has 1 aliphatic heterocycles. The minimum absolute atomic E-state index is 0.281. The van der Waals surface area contributed by atoms with Crippen molar-refractivity contribution < 1.29 is 4.79 Å². The molecule has 0 atom stereocenters. The van der Waals surface area contributed by atoms with E-state index in [1.54, 1.807) is 0 Å². The van der Waals surface area contributed by atoms with E-state index in [4.69, 9.17) is 0 Å². The van der Waals surface area contributed by atoms with Crippen molar-refractivity contribution in [2.24, 2.45) is 0 Å². The average Bonchev–Trinajstić information content (AvgIpc) is 2.75. The second kappa shape index (κ2) is 8.32. The summed E-state index contributed by atoms with van der Waals surface area (Å²) >= 11 is 1.96. The normalized spacial score (nSPS) is 16.2. The Kier molecular flexibility index (Phi) is 6.40. The van der Waals surface area contributed by atoms with Gasteiger partial charge in [-0.25, -0.2) is 0 Å². The van der Waals surface area contributed by atoms with E-state index in [0.29, 0.717) is 6.54 Å². The lowest BCUT2D eigenvalue weighted by molar-refractivity contribution is -0.131. The number of carbonyl (C=O) groups is 1. The van der Waals surface area contributed by atoms with Crippen molar-refractivity contribution in [3.63, 3.8) is 0 Å². The van der Waals surface area contributed by atoms with Crippen molar-refractivity contribution in [1.29, 1.82) is 0 Å². The minimum atomic E-state index is 0.281. The van der Waals surface area contributed by atoms with Gasteiger partial charge in [0.05, 0.1) is 6.54 Å². The Bertz CT molecular complexity index is 402. The summed E-state index contributed by atoms with van der Waals surface area (Å²) in [7, 11) is 2.04. The van der Waals surface area contributed by atoms with Crippen LogP contribution in [-0.4, -0.2) is 60.4 Å².